The van der Waals surface area contributed by atoms with Crippen LogP contribution in [0.4, 0.5) is 5.69 Å². The lowest BCUT2D eigenvalue weighted by molar-refractivity contribution is -0.155. The van der Waals surface area contributed by atoms with Gasteiger partial charge in [-0.25, -0.2) is 0 Å². The number of rotatable bonds is 5. The van der Waals surface area contributed by atoms with Gasteiger partial charge in [0.15, 0.2) is 0 Å². The molecule has 0 bridgehead atoms. The Morgan fingerprint density at radius 1 is 1.32 bits per heavy atom. The van der Waals surface area contributed by atoms with E-state index in [1.54, 1.807) is 7.11 Å². The van der Waals surface area contributed by atoms with Crippen LogP contribution in [0, 0.1) is 5.41 Å². The Morgan fingerprint density at radius 2 is 2.09 bits per heavy atom. The number of aryl methyl sites for hydroxylation is 1. The van der Waals surface area contributed by atoms with Crippen molar-refractivity contribution in [1.29, 1.82) is 0 Å². The predicted molar refractivity (Wildman–Crippen MR) is 88.6 cm³/mol. The number of hydrogen-bond donors (Lipinski definition) is 0. The number of methoxy groups -OCH3 is 1. The predicted octanol–water partition coefficient (Wildman–Crippen LogP) is 3.43. The second-order valence-electron chi connectivity index (χ2n) is 5.86. The van der Waals surface area contributed by atoms with Gasteiger partial charge in [-0.1, -0.05) is 13.0 Å². The van der Waals surface area contributed by atoms with Crippen molar-refractivity contribution >= 4 is 11.7 Å². The Labute approximate surface area is 133 Å². The molecule has 1 aromatic carbocycles. The van der Waals surface area contributed by atoms with Gasteiger partial charge >= 0.3 is 5.97 Å². The lowest BCUT2D eigenvalue weighted by Crippen LogP contribution is -2.43. The molecule has 0 fully saturated rings. The highest BCUT2D eigenvalue weighted by Crippen LogP contribution is 2.39. The normalized spacial score (nSPS) is 21.0. The summed E-state index contributed by atoms with van der Waals surface area (Å²) in [7, 11) is 1.68. The summed E-state index contributed by atoms with van der Waals surface area (Å²) in [6.07, 6.45) is 2.52. The zero-order valence-electron chi connectivity index (χ0n) is 14.1. The molecule has 1 heterocycles. The number of carbonyl (C=O) groups excluding carboxylic acids is 1. The van der Waals surface area contributed by atoms with E-state index < -0.39 is 5.41 Å². The van der Waals surface area contributed by atoms with Crippen LogP contribution in [0.2, 0.25) is 0 Å². The number of anilines is 1. The number of ether oxygens (including phenoxy) is 2. The maximum atomic E-state index is 12.6. The summed E-state index contributed by atoms with van der Waals surface area (Å²) in [5, 5.41) is 0. The van der Waals surface area contributed by atoms with E-state index in [0.717, 1.165) is 31.6 Å². The third kappa shape index (κ3) is 3.06. The Bertz CT molecular complexity index is 529. The molecular formula is C18H27NO3. The molecule has 0 radical (unpaired) electrons. The van der Waals surface area contributed by atoms with Crippen molar-refractivity contribution in [2.75, 3.05) is 31.7 Å². The molecule has 122 valence electrons. The fourth-order valence-corrected chi connectivity index (χ4v) is 3.25. The van der Waals surface area contributed by atoms with Gasteiger partial charge in [0.05, 0.1) is 19.1 Å². The van der Waals surface area contributed by atoms with E-state index in [9.17, 15) is 4.79 Å². The quantitative estimate of drug-likeness (QED) is 0.781. The van der Waals surface area contributed by atoms with Crippen molar-refractivity contribution in [2.24, 2.45) is 5.41 Å². The van der Waals surface area contributed by atoms with Gasteiger partial charge in [0.1, 0.15) is 5.75 Å². The van der Waals surface area contributed by atoms with Crippen molar-refractivity contribution in [3.05, 3.63) is 23.8 Å². The number of hydrogen-bond acceptors (Lipinski definition) is 4. The summed E-state index contributed by atoms with van der Waals surface area (Å²) in [5.74, 6) is 0.799. The third-order valence-corrected chi connectivity index (χ3v) is 4.77. The van der Waals surface area contributed by atoms with Crippen LogP contribution in [0.5, 0.6) is 5.75 Å². The smallest absolute Gasteiger partial charge is 0.313 e. The maximum absolute atomic E-state index is 12.6. The minimum atomic E-state index is -0.418. The summed E-state index contributed by atoms with van der Waals surface area (Å²) in [4.78, 5) is 14.8. The molecule has 0 amide bonds. The summed E-state index contributed by atoms with van der Waals surface area (Å²) < 4.78 is 10.7. The fourth-order valence-electron chi connectivity index (χ4n) is 3.25. The summed E-state index contributed by atoms with van der Waals surface area (Å²) in [5.41, 5.74) is 2.04. The number of esters is 1. The fraction of sp³-hybridized carbons (Fsp3) is 0.611. The molecule has 22 heavy (non-hydrogen) atoms. The molecule has 1 aromatic rings. The third-order valence-electron chi connectivity index (χ3n) is 4.77. The average Bonchev–Trinajstić information content (AvgIpc) is 2.72. The van der Waals surface area contributed by atoms with E-state index >= 15 is 0 Å². The van der Waals surface area contributed by atoms with Crippen molar-refractivity contribution in [3.8, 4) is 5.75 Å². The highest BCUT2D eigenvalue weighted by Gasteiger charge is 2.41. The van der Waals surface area contributed by atoms with Gasteiger partial charge in [0, 0.05) is 24.8 Å². The zero-order chi connectivity index (χ0) is 16.2. The summed E-state index contributed by atoms with van der Waals surface area (Å²) in [6, 6.07) is 6.19. The van der Waals surface area contributed by atoms with Gasteiger partial charge in [-0.05, 0) is 44.7 Å². The van der Waals surface area contributed by atoms with Crippen LogP contribution in [0.1, 0.15) is 39.2 Å². The zero-order valence-corrected chi connectivity index (χ0v) is 14.1. The van der Waals surface area contributed by atoms with E-state index in [4.69, 9.17) is 9.47 Å². The number of fused-ring (bicyclic) bond motifs is 1. The lowest BCUT2D eigenvalue weighted by Gasteiger charge is -2.34. The molecule has 0 saturated heterocycles. The van der Waals surface area contributed by atoms with E-state index in [-0.39, 0.29) is 5.97 Å². The molecule has 4 heteroatoms. The molecule has 0 N–H and O–H groups in total. The van der Waals surface area contributed by atoms with Crippen LogP contribution >= 0.6 is 0 Å². The molecule has 1 aliphatic rings. The number of carbonyl (C=O) groups is 1. The standard InChI is InChI=1S/C18H27NO3/c1-5-18(17(20)22-7-3)11-10-14-8-9-15(21-4)12-16(14)19(6-2)13-18/h8-9,12H,5-7,10-11,13H2,1-4H3/t18-/m1/s1. The Kier molecular flexibility index (Phi) is 5.33. The van der Waals surface area contributed by atoms with Gasteiger partial charge in [-0.3, -0.25) is 4.79 Å². The first-order chi connectivity index (χ1) is 10.6. The monoisotopic (exact) mass is 305 g/mol. The van der Waals surface area contributed by atoms with Crippen LogP contribution in [0.3, 0.4) is 0 Å². The second kappa shape index (κ2) is 7.03. The largest absolute Gasteiger partial charge is 0.497 e. The molecule has 0 saturated carbocycles. The highest BCUT2D eigenvalue weighted by atomic mass is 16.5. The topological polar surface area (TPSA) is 38.8 Å². The van der Waals surface area contributed by atoms with Crippen LogP contribution in [0.25, 0.3) is 0 Å². The first-order valence-electron chi connectivity index (χ1n) is 8.19. The summed E-state index contributed by atoms with van der Waals surface area (Å²) >= 11 is 0. The van der Waals surface area contributed by atoms with E-state index in [1.807, 2.05) is 13.0 Å². The molecule has 0 spiro atoms. The molecule has 2 rings (SSSR count). The van der Waals surface area contributed by atoms with Crippen LogP contribution in [0.15, 0.2) is 18.2 Å². The Balaban J connectivity index is 2.38. The number of nitrogens with zero attached hydrogens (tertiary/aromatic N) is 1. The van der Waals surface area contributed by atoms with Crippen molar-refractivity contribution in [1.82, 2.24) is 0 Å². The lowest BCUT2D eigenvalue weighted by atomic mass is 9.80. The molecule has 1 atom stereocenters. The van der Waals surface area contributed by atoms with Gasteiger partial charge in [0.25, 0.3) is 0 Å². The minimum absolute atomic E-state index is 0.0595. The number of benzene rings is 1. The Hall–Kier alpha value is -1.71. The van der Waals surface area contributed by atoms with E-state index in [0.29, 0.717) is 13.2 Å². The molecule has 4 nitrogen and oxygen atoms in total. The molecule has 0 unspecified atom stereocenters. The maximum Gasteiger partial charge on any atom is 0.313 e. The second-order valence-corrected chi connectivity index (χ2v) is 5.86. The van der Waals surface area contributed by atoms with Crippen LogP contribution in [-0.2, 0) is 16.0 Å². The molecular weight excluding hydrogens is 278 g/mol. The average molecular weight is 305 g/mol. The van der Waals surface area contributed by atoms with Gasteiger partial charge in [0.2, 0.25) is 0 Å². The first kappa shape index (κ1) is 16.7. The van der Waals surface area contributed by atoms with Gasteiger partial charge < -0.3 is 14.4 Å². The molecule has 1 aliphatic heterocycles. The molecule has 0 aliphatic carbocycles. The van der Waals surface area contributed by atoms with Gasteiger partial charge in [-0.2, -0.15) is 0 Å². The first-order valence-corrected chi connectivity index (χ1v) is 8.19. The molecule has 0 aromatic heterocycles. The van der Waals surface area contributed by atoms with E-state index in [2.05, 4.69) is 30.9 Å². The van der Waals surface area contributed by atoms with Crippen LogP contribution < -0.4 is 9.64 Å². The SMILES string of the molecule is CCOC(=O)[C@]1(CC)CCc2ccc(OC)cc2N(CC)C1. The summed E-state index contributed by atoms with van der Waals surface area (Å²) in [6.45, 7) is 8.09. The van der Waals surface area contributed by atoms with E-state index in [1.165, 1.54) is 11.3 Å². The van der Waals surface area contributed by atoms with Gasteiger partial charge in [-0.15, -0.1) is 0 Å². The Morgan fingerprint density at radius 3 is 2.68 bits per heavy atom. The van der Waals surface area contributed by atoms with Crippen LogP contribution in [-0.4, -0.2) is 32.8 Å². The van der Waals surface area contributed by atoms with Crippen molar-refractivity contribution in [3.63, 3.8) is 0 Å². The minimum Gasteiger partial charge on any atom is -0.497 e. The van der Waals surface area contributed by atoms with Crippen molar-refractivity contribution in [2.45, 2.75) is 40.0 Å². The van der Waals surface area contributed by atoms with Crippen molar-refractivity contribution < 1.29 is 14.3 Å². The highest BCUT2D eigenvalue weighted by molar-refractivity contribution is 5.78.